The molecule has 0 N–H and O–H groups in total. The van der Waals surface area contributed by atoms with Crippen molar-refractivity contribution in [2.75, 3.05) is 13.1 Å². The first kappa shape index (κ1) is 11.1. The molecule has 1 aromatic rings. The minimum atomic E-state index is -4.02. The van der Waals surface area contributed by atoms with Crippen LogP contribution in [0.3, 0.4) is 0 Å². The fraction of sp³-hybridized carbons (Fsp3) is 0.538. The van der Waals surface area contributed by atoms with Crippen LogP contribution in [0, 0.1) is 11.3 Å². The molecular weight excluding hydrogens is 227 g/mol. The second-order valence-electron chi connectivity index (χ2n) is 5.21. The lowest BCUT2D eigenvalue weighted by molar-refractivity contribution is -0.188. The predicted octanol–water partition coefficient (Wildman–Crippen LogP) is 3.07. The van der Waals surface area contributed by atoms with Gasteiger partial charge in [-0.25, -0.2) is 0 Å². The molecule has 1 aliphatic heterocycles. The molecule has 4 heteroatoms. The van der Waals surface area contributed by atoms with E-state index in [0.717, 1.165) is 5.56 Å². The Hall–Kier alpha value is -1.03. The Morgan fingerprint density at radius 3 is 2.53 bits per heavy atom. The molecule has 17 heavy (non-hydrogen) atoms. The van der Waals surface area contributed by atoms with Crippen molar-refractivity contribution in [2.45, 2.75) is 19.1 Å². The van der Waals surface area contributed by atoms with Gasteiger partial charge in [-0.3, -0.25) is 4.90 Å². The van der Waals surface area contributed by atoms with Crippen LogP contribution in [0.2, 0.25) is 0 Å². The SMILES string of the molecule is FC(F)(F)C12CC1CN(Cc1ccccc1)C2. The zero-order valence-corrected chi connectivity index (χ0v) is 9.37. The van der Waals surface area contributed by atoms with Crippen LogP contribution in [0.5, 0.6) is 0 Å². The Bertz CT molecular complexity index is 414. The maximum Gasteiger partial charge on any atom is 0.396 e. The van der Waals surface area contributed by atoms with Crippen molar-refractivity contribution in [2.24, 2.45) is 11.3 Å². The fourth-order valence-corrected chi connectivity index (χ4v) is 2.99. The van der Waals surface area contributed by atoms with Crippen LogP contribution in [0.25, 0.3) is 0 Å². The van der Waals surface area contributed by atoms with E-state index in [2.05, 4.69) is 0 Å². The average Bonchev–Trinajstić information content (AvgIpc) is 2.84. The zero-order chi connectivity index (χ0) is 12.1. The molecule has 92 valence electrons. The first-order valence-electron chi connectivity index (χ1n) is 5.84. The molecule has 2 atom stereocenters. The maximum absolute atomic E-state index is 12.9. The van der Waals surface area contributed by atoms with E-state index in [1.54, 1.807) is 0 Å². The molecule has 0 bridgehead atoms. The second kappa shape index (κ2) is 3.48. The Kier molecular flexibility index (Phi) is 2.27. The monoisotopic (exact) mass is 241 g/mol. The van der Waals surface area contributed by atoms with Gasteiger partial charge in [0.1, 0.15) is 0 Å². The Morgan fingerprint density at radius 2 is 1.94 bits per heavy atom. The molecule has 3 rings (SSSR count). The summed E-state index contributed by atoms with van der Waals surface area (Å²) in [4.78, 5) is 1.93. The fourth-order valence-electron chi connectivity index (χ4n) is 2.99. The summed E-state index contributed by atoms with van der Waals surface area (Å²) in [6.07, 6.45) is -3.69. The highest BCUT2D eigenvalue weighted by atomic mass is 19.4. The highest BCUT2D eigenvalue weighted by Crippen LogP contribution is 2.66. The van der Waals surface area contributed by atoms with Crippen molar-refractivity contribution in [3.05, 3.63) is 35.9 Å². The Morgan fingerprint density at radius 1 is 1.24 bits per heavy atom. The molecule has 1 saturated heterocycles. The van der Waals surface area contributed by atoms with Crippen molar-refractivity contribution in [1.82, 2.24) is 4.90 Å². The molecule has 1 aliphatic carbocycles. The van der Waals surface area contributed by atoms with Crippen LogP contribution in [-0.4, -0.2) is 24.2 Å². The smallest absolute Gasteiger partial charge is 0.298 e. The standard InChI is InChI=1S/C13H14F3N/c14-13(15,16)12-6-11(12)8-17(9-12)7-10-4-2-1-3-5-10/h1-5,11H,6-9H2. The third-order valence-corrected chi connectivity index (χ3v) is 4.03. The molecule has 1 nitrogen and oxygen atoms in total. The van der Waals surface area contributed by atoms with Crippen molar-refractivity contribution in [1.29, 1.82) is 0 Å². The highest BCUT2D eigenvalue weighted by Gasteiger charge is 2.73. The normalized spacial score (nSPS) is 32.5. The maximum atomic E-state index is 12.9. The van der Waals surface area contributed by atoms with Gasteiger partial charge in [0.05, 0.1) is 5.41 Å². The predicted molar refractivity (Wildman–Crippen MR) is 58.3 cm³/mol. The van der Waals surface area contributed by atoms with E-state index in [-0.39, 0.29) is 12.5 Å². The van der Waals surface area contributed by atoms with Crippen molar-refractivity contribution in [3.8, 4) is 0 Å². The lowest BCUT2D eigenvalue weighted by atomic mass is 10.1. The molecule has 0 amide bonds. The van der Waals surface area contributed by atoms with Crippen LogP contribution < -0.4 is 0 Å². The molecule has 2 aliphatic rings. The Labute approximate surface area is 98.2 Å². The molecule has 0 spiro atoms. The summed E-state index contributed by atoms with van der Waals surface area (Å²) in [6.45, 7) is 1.40. The van der Waals surface area contributed by atoms with Gasteiger partial charge >= 0.3 is 6.18 Å². The minimum absolute atomic E-state index is 0.161. The second-order valence-corrected chi connectivity index (χ2v) is 5.21. The first-order chi connectivity index (χ1) is 8.01. The quantitative estimate of drug-likeness (QED) is 0.769. The number of hydrogen-bond acceptors (Lipinski definition) is 1. The van der Waals surface area contributed by atoms with Gasteiger partial charge in [0, 0.05) is 19.6 Å². The number of fused-ring (bicyclic) bond motifs is 1. The summed E-state index contributed by atoms with van der Waals surface area (Å²) in [6, 6.07) is 9.69. The van der Waals surface area contributed by atoms with Gasteiger partial charge in [-0.15, -0.1) is 0 Å². The zero-order valence-electron chi connectivity index (χ0n) is 9.37. The summed E-state index contributed by atoms with van der Waals surface area (Å²) in [5.74, 6) is -0.161. The summed E-state index contributed by atoms with van der Waals surface area (Å²) >= 11 is 0. The van der Waals surface area contributed by atoms with Crippen LogP contribution in [0.1, 0.15) is 12.0 Å². The van der Waals surface area contributed by atoms with Gasteiger partial charge in [0.2, 0.25) is 0 Å². The van der Waals surface area contributed by atoms with E-state index in [1.807, 2.05) is 35.2 Å². The molecule has 0 aromatic heterocycles. The summed E-state index contributed by atoms with van der Waals surface area (Å²) in [5.41, 5.74) is -0.284. The largest absolute Gasteiger partial charge is 0.396 e. The Balaban J connectivity index is 1.67. The number of likely N-dealkylation sites (tertiary alicyclic amines) is 1. The molecule has 1 aromatic carbocycles. The molecule has 1 saturated carbocycles. The highest BCUT2D eigenvalue weighted by molar-refractivity contribution is 5.18. The lowest BCUT2D eigenvalue weighted by Crippen LogP contribution is -2.32. The van der Waals surface area contributed by atoms with Crippen LogP contribution in [0.15, 0.2) is 30.3 Å². The van der Waals surface area contributed by atoms with E-state index >= 15 is 0 Å². The number of piperidine rings is 1. The number of benzene rings is 1. The number of hydrogen-bond donors (Lipinski definition) is 0. The minimum Gasteiger partial charge on any atom is -0.298 e. The van der Waals surface area contributed by atoms with Gasteiger partial charge in [-0.1, -0.05) is 30.3 Å². The van der Waals surface area contributed by atoms with Crippen molar-refractivity contribution >= 4 is 0 Å². The van der Waals surface area contributed by atoms with Crippen molar-refractivity contribution in [3.63, 3.8) is 0 Å². The molecule has 0 radical (unpaired) electrons. The molecular formula is C13H14F3N. The van der Waals surface area contributed by atoms with E-state index in [4.69, 9.17) is 0 Å². The van der Waals surface area contributed by atoms with Crippen LogP contribution in [-0.2, 0) is 6.54 Å². The van der Waals surface area contributed by atoms with Crippen LogP contribution in [0.4, 0.5) is 13.2 Å². The van der Waals surface area contributed by atoms with Gasteiger partial charge in [-0.05, 0) is 17.9 Å². The third-order valence-electron chi connectivity index (χ3n) is 4.03. The molecule has 1 heterocycles. The van der Waals surface area contributed by atoms with E-state index in [1.165, 1.54) is 0 Å². The first-order valence-corrected chi connectivity index (χ1v) is 5.84. The molecule has 2 unspecified atom stereocenters. The molecule has 2 fully saturated rings. The van der Waals surface area contributed by atoms with Crippen LogP contribution >= 0.6 is 0 Å². The topological polar surface area (TPSA) is 3.24 Å². The van der Waals surface area contributed by atoms with E-state index < -0.39 is 11.6 Å². The van der Waals surface area contributed by atoms with Gasteiger partial charge in [0.15, 0.2) is 0 Å². The summed E-state index contributed by atoms with van der Waals surface area (Å²) < 4.78 is 38.6. The van der Waals surface area contributed by atoms with E-state index in [0.29, 0.717) is 19.5 Å². The summed E-state index contributed by atoms with van der Waals surface area (Å²) in [7, 11) is 0. The average molecular weight is 241 g/mol. The number of alkyl halides is 3. The summed E-state index contributed by atoms with van der Waals surface area (Å²) in [5, 5.41) is 0. The van der Waals surface area contributed by atoms with Gasteiger partial charge in [0.25, 0.3) is 0 Å². The number of rotatable bonds is 2. The van der Waals surface area contributed by atoms with E-state index in [9.17, 15) is 13.2 Å². The number of halogens is 3. The third kappa shape index (κ3) is 1.75. The van der Waals surface area contributed by atoms with Crippen molar-refractivity contribution < 1.29 is 13.2 Å². The van der Waals surface area contributed by atoms with Gasteiger partial charge < -0.3 is 0 Å². The van der Waals surface area contributed by atoms with Gasteiger partial charge in [-0.2, -0.15) is 13.2 Å². The lowest BCUT2D eigenvalue weighted by Gasteiger charge is -2.22. The number of nitrogens with zero attached hydrogens (tertiary/aromatic N) is 1.